The van der Waals surface area contributed by atoms with E-state index in [1.165, 1.54) is 60.0 Å². The Morgan fingerprint density at radius 3 is 2.57 bits per heavy atom. The molecule has 2 aromatic rings. The molecular formula is C20H25N. The Hall–Kier alpha value is -1.76. The summed E-state index contributed by atoms with van der Waals surface area (Å²) in [7, 11) is 0. The zero-order valence-corrected chi connectivity index (χ0v) is 13.0. The standard InChI is InChI=1S/C20H25N/c1-2-3-4-5-8-13-21-18-11-12-20-17(15-18)14-16-9-6-7-10-19(16)20/h6-7,9-12,15,21H,2-5,8,13-14H2,1H3. The van der Waals surface area contributed by atoms with Crippen molar-refractivity contribution < 1.29 is 0 Å². The highest BCUT2D eigenvalue weighted by Crippen LogP contribution is 2.37. The van der Waals surface area contributed by atoms with E-state index in [2.05, 4.69) is 54.7 Å². The monoisotopic (exact) mass is 279 g/mol. The molecule has 1 aliphatic rings. The van der Waals surface area contributed by atoms with Gasteiger partial charge in [0.25, 0.3) is 0 Å². The summed E-state index contributed by atoms with van der Waals surface area (Å²) >= 11 is 0. The highest BCUT2D eigenvalue weighted by Gasteiger charge is 2.17. The smallest absolute Gasteiger partial charge is 0.0343 e. The molecule has 21 heavy (non-hydrogen) atoms. The minimum absolute atomic E-state index is 1.08. The molecule has 1 nitrogen and oxygen atoms in total. The van der Waals surface area contributed by atoms with Gasteiger partial charge in [-0.2, -0.15) is 0 Å². The lowest BCUT2D eigenvalue weighted by molar-refractivity contribution is 0.645. The molecule has 0 atom stereocenters. The highest BCUT2D eigenvalue weighted by atomic mass is 14.9. The van der Waals surface area contributed by atoms with Gasteiger partial charge in [0, 0.05) is 12.2 Å². The molecule has 3 rings (SSSR count). The molecule has 1 heteroatoms. The van der Waals surface area contributed by atoms with E-state index in [9.17, 15) is 0 Å². The summed E-state index contributed by atoms with van der Waals surface area (Å²) < 4.78 is 0. The second-order valence-corrected chi connectivity index (χ2v) is 6.05. The van der Waals surface area contributed by atoms with E-state index >= 15 is 0 Å². The largest absolute Gasteiger partial charge is 0.385 e. The Morgan fingerprint density at radius 1 is 0.857 bits per heavy atom. The van der Waals surface area contributed by atoms with Crippen LogP contribution < -0.4 is 5.32 Å². The number of fused-ring (bicyclic) bond motifs is 3. The van der Waals surface area contributed by atoms with Crippen molar-refractivity contribution in [2.45, 2.75) is 45.4 Å². The zero-order chi connectivity index (χ0) is 14.5. The van der Waals surface area contributed by atoms with Crippen molar-refractivity contribution in [1.29, 1.82) is 0 Å². The molecule has 0 saturated heterocycles. The molecule has 0 aromatic heterocycles. The first kappa shape index (κ1) is 14.2. The topological polar surface area (TPSA) is 12.0 Å². The van der Waals surface area contributed by atoms with Crippen LogP contribution in [0.4, 0.5) is 5.69 Å². The third-order valence-corrected chi connectivity index (χ3v) is 4.40. The molecule has 0 amide bonds. The maximum absolute atomic E-state index is 3.58. The number of rotatable bonds is 7. The van der Waals surface area contributed by atoms with Crippen LogP contribution in [0, 0.1) is 0 Å². The Labute approximate surface area is 128 Å². The van der Waals surface area contributed by atoms with Gasteiger partial charge in [0.2, 0.25) is 0 Å². The minimum Gasteiger partial charge on any atom is -0.385 e. The van der Waals surface area contributed by atoms with Crippen LogP contribution in [0.15, 0.2) is 42.5 Å². The van der Waals surface area contributed by atoms with Gasteiger partial charge in [-0.25, -0.2) is 0 Å². The number of unbranched alkanes of at least 4 members (excludes halogenated alkanes) is 4. The Morgan fingerprint density at radius 2 is 1.67 bits per heavy atom. The van der Waals surface area contributed by atoms with Crippen LogP contribution in [0.2, 0.25) is 0 Å². The summed E-state index contributed by atoms with van der Waals surface area (Å²) in [6, 6.07) is 15.6. The molecule has 2 aromatic carbocycles. The number of nitrogens with one attached hydrogen (secondary N) is 1. The number of hydrogen-bond donors (Lipinski definition) is 1. The summed E-state index contributed by atoms with van der Waals surface area (Å²) in [5.74, 6) is 0. The van der Waals surface area contributed by atoms with Crippen LogP contribution in [0.5, 0.6) is 0 Å². The second-order valence-electron chi connectivity index (χ2n) is 6.05. The first-order valence-corrected chi connectivity index (χ1v) is 8.33. The number of benzene rings is 2. The molecule has 0 aliphatic heterocycles. The Kier molecular flexibility index (Phi) is 4.59. The van der Waals surface area contributed by atoms with E-state index in [-0.39, 0.29) is 0 Å². The van der Waals surface area contributed by atoms with Gasteiger partial charge in [0.1, 0.15) is 0 Å². The lowest BCUT2D eigenvalue weighted by atomic mass is 10.1. The molecule has 0 bridgehead atoms. The van der Waals surface area contributed by atoms with Crippen LogP contribution >= 0.6 is 0 Å². The van der Waals surface area contributed by atoms with Crippen molar-refractivity contribution in [2.24, 2.45) is 0 Å². The lowest BCUT2D eigenvalue weighted by Crippen LogP contribution is -2.01. The van der Waals surface area contributed by atoms with Gasteiger partial charge in [-0.05, 0) is 47.2 Å². The van der Waals surface area contributed by atoms with E-state index in [4.69, 9.17) is 0 Å². The van der Waals surface area contributed by atoms with E-state index in [0.717, 1.165) is 13.0 Å². The maximum Gasteiger partial charge on any atom is 0.0343 e. The zero-order valence-electron chi connectivity index (χ0n) is 13.0. The van der Waals surface area contributed by atoms with E-state index in [1.54, 1.807) is 0 Å². The number of hydrogen-bond acceptors (Lipinski definition) is 1. The first-order chi connectivity index (χ1) is 10.4. The fraction of sp³-hybridized carbons (Fsp3) is 0.400. The molecule has 0 radical (unpaired) electrons. The van der Waals surface area contributed by atoms with Gasteiger partial charge in [0.05, 0.1) is 0 Å². The van der Waals surface area contributed by atoms with Gasteiger partial charge in [-0.1, -0.05) is 62.9 Å². The summed E-state index contributed by atoms with van der Waals surface area (Å²) in [5, 5.41) is 3.58. The van der Waals surface area contributed by atoms with Crippen LogP contribution in [-0.2, 0) is 6.42 Å². The lowest BCUT2D eigenvalue weighted by Gasteiger charge is -2.08. The van der Waals surface area contributed by atoms with Crippen LogP contribution in [0.25, 0.3) is 11.1 Å². The minimum atomic E-state index is 1.08. The first-order valence-electron chi connectivity index (χ1n) is 8.33. The van der Waals surface area contributed by atoms with Crippen molar-refractivity contribution in [2.75, 3.05) is 11.9 Å². The van der Waals surface area contributed by atoms with E-state index in [1.807, 2.05) is 0 Å². The molecule has 110 valence electrons. The summed E-state index contributed by atoms with van der Waals surface area (Å²) in [5.41, 5.74) is 7.03. The van der Waals surface area contributed by atoms with Crippen LogP contribution in [0.3, 0.4) is 0 Å². The molecular weight excluding hydrogens is 254 g/mol. The Balaban J connectivity index is 1.57. The highest BCUT2D eigenvalue weighted by molar-refractivity contribution is 5.78. The van der Waals surface area contributed by atoms with E-state index < -0.39 is 0 Å². The summed E-state index contributed by atoms with van der Waals surface area (Å²) in [6.07, 6.45) is 7.76. The van der Waals surface area contributed by atoms with Crippen molar-refractivity contribution in [3.63, 3.8) is 0 Å². The van der Waals surface area contributed by atoms with Crippen LogP contribution in [-0.4, -0.2) is 6.54 Å². The molecule has 0 fully saturated rings. The Bertz CT molecular complexity index is 601. The van der Waals surface area contributed by atoms with Gasteiger partial charge in [0.15, 0.2) is 0 Å². The normalized spacial score (nSPS) is 12.0. The average Bonchev–Trinajstić information content (AvgIpc) is 2.88. The fourth-order valence-corrected chi connectivity index (χ4v) is 3.22. The second kappa shape index (κ2) is 6.80. The molecule has 0 heterocycles. The molecule has 1 N–H and O–H groups in total. The fourth-order valence-electron chi connectivity index (χ4n) is 3.22. The number of anilines is 1. The molecule has 0 saturated carbocycles. The third-order valence-electron chi connectivity index (χ3n) is 4.40. The van der Waals surface area contributed by atoms with Crippen molar-refractivity contribution in [1.82, 2.24) is 0 Å². The maximum atomic E-state index is 3.58. The quantitative estimate of drug-likeness (QED) is 0.552. The SMILES string of the molecule is CCCCCCCNc1ccc2c(c1)Cc1ccccc1-2. The van der Waals surface area contributed by atoms with Gasteiger partial charge < -0.3 is 5.32 Å². The molecule has 1 aliphatic carbocycles. The van der Waals surface area contributed by atoms with Crippen molar-refractivity contribution >= 4 is 5.69 Å². The van der Waals surface area contributed by atoms with Crippen molar-refractivity contribution in [3.8, 4) is 11.1 Å². The van der Waals surface area contributed by atoms with E-state index in [0.29, 0.717) is 0 Å². The predicted octanol–water partition coefficient (Wildman–Crippen LogP) is 5.64. The summed E-state index contributed by atoms with van der Waals surface area (Å²) in [4.78, 5) is 0. The van der Waals surface area contributed by atoms with Gasteiger partial charge >= 0.3 is 0 Å². The molecule has 0 spiro atoms. The molecule has 0 unspecified atom stereocenters. The van der Waals surface area contributed by atoms with Crippen molar-refractivity contribution in [3.05, 3.63) is 53.6 Å². The summed E-state index contributed by atoms with van der Waals surface area (Å²) in [6.45, 7) is 3.36. The van der Waals surface area contributed by atoms with Gasteiger partial charge in [-0.3, -0.25) is 0 Å². The average molecular weight is 279 g/mol. The predicted molar refractivity (Wildman–Crippen MR) is 91.9 cm³/mol. The van der Waals surface area contributed by atoms with Crippen LogP contribution in [0.1, 0.15) is 50.2 Å². The van der Waals surface area contributed by atoms with Gasteiger partial charge in [-0.15, -0.1) is 0 Å². The third kappa shape index (κ3) is 3.29.